The number of anilines is 1. The van der Waals surface area contributed by atoms with Gasteiger partial charge in [-0.15, -0.1) is 0 Å². The molecule has 1 heterocycles. The number of Topliss-reactive ketones (excluding diaryl/α,β-unsaturated/α-hetero) is 2. The van der Waals surface area contributed by atoms with Crippen molar-refractivity contribution in [1.29, 1.82) is 0 Å². The second-order valence-electron chi connectivity index (χ2n) is 5.24. The topological polar surface area (TPSA) is 59.1 Å². The van der Waals surface area contributed by atoms with Crippen molar-refractivity contribution in [3.63, 3.8) is 0 Å². The molecule has 0 fully saturated rings. The molecule has 0 saturated heterocycles. The van der Waals surface area contributed by atoms with E-state index in [-0.39, 0.29) is 30.0 Å². The number of ketones is 2. The van der Waals surface area contributed by atoms with Gasteiger partial charge in [0.2, 0.25) is 0 Å². The zero-order chi connectivity index (χ0) is 15.5. The van der Waals surface area contributed by atoms with E-state index in [4.69, 9.17) is 0 Å². The lowest BCUT2D eigenvalue weighted by Crippen LogP contribution is -2.21. The maximum atomic E-state index is 12.4. The number of aromatic nitrogens is 1. The van der Waals surface area contributed by atoms with Crippen LogP contribution in [0.25, 0.3) is 6.08 Å². The molecule has 1 aliphatic carbocycles. The van der Waals surface area contributed by atoms with Gasteiger partial charge in [0.15, 0.2) is 11.6 Å². The van der Waals surface area contributed by atoms with E-state index >= 15 is 0 Å². The van der Waals surface area contributed by atoms with Crippen molar-refractivity contribution in [2.45, 2.75) is 12.8 Å². The minimum atomic E-state index is -0.154. The minimum absolute atomic E-state index is 0.121. The van der Waals surface area contributed by atoms with Crippen molar-refractivity contribution in [3.05, 3.63) is 65.0 Å². The molecule has 110 valence electrons. The Balaban J connectivity index is 1.92. The van der Waals surface area contributed by atoms with Gasteiger partial charge in [-0.1, -0.05) is 18.2 Å². The highest BCUT2D eigenvalue weighted by atomic mass is 16.1. The first-order valence-corrected chi connectivity index (χ1v) is 7.15. The van der Waals surface area contributed by atoms with Crippen LogP contribution in [0.1, 0.15) is 16.7 Å². The van der Waals surface area contributed by atoms with Gasteiger partial charge in [0.25, 0.3) is 0 Å². The molecule has 3 rings (SSSR count). The van der Waals surface area contributed by atoms with Crippen molar-refractivity contribution in [2.24, 2.45) is 0 Å². The van der Waals surface area contributed by atoms with Gasteiger partial charge in [0.1, 0.15) is 0 Å². The molecule has 4 heteroatoms. The summed E-state index contributed by atoms with van der Waals surface area (Å²) in [5.41, 5.74) is 3.91. The molecule has 0 radical (unpaired) electrons. The monoisotopic (exact) mass is 292 g/mol. The van der Waals surface area contributed by atoms with E-state index in [0.717, 1.165) is 22.4 Å². The summed E-state index contributed by atoms with van der Waals surface area (Å²) in [6.45, 7) is 0. The predicted molar refractivity (Wildman–Crippen MR) is 85.6 cm³/mol. The summed E-state index contributed by atoms with van der Waals surface area (Å²) in [6.07, 6.45) is 5.48. The second kappa shape index (κ2) is 5.93. The number of hydrogen-bond acceptors (Lipinski definition) is 4. The fraction of sp³-hybridized carbons (Fsp3) is 0.167. The fourth-order valence-corrected chi connectivity index (χ4v) is 2.68. The number of carbonyl (C=O) groups is 2. The van der Waals surface area contributed by atoms with Crippen LogP contribution in [-0.2, 0) is 22.4 Å². The minimum Gasteiger partial charge on any atom is -0.388 e. The average molecular weight is 292 g/mol. The molecular weight excluding hydrogens is 276 g/mol. The Hall–Kier alpha value is -2.75. The van der Waals surface area contributed by atoms with Gasteiger partial charge < -0.3 is 5.32 Å². The van der Waals surface area contributed by atoms with Crippen molar-refractivity contribution >= 4 is 23.3 Å². The van der Waals surface area contributed by atoms with Gasteiger partial charge in [-0.25, -0.2) is 0 Å². The highest BCUT2D eigenvalue weighted by Crippen LogP contribution is 2.28. The van der Waals surface area contributed by atoms with Gasteiger partial charge >= 0.3 is 0 Å². The van der Waals surface area contributed by atoms with Crippen LogP contribution in [0, 0.1) is 0 Å². The van der Waals surface area contributed by atoms with Gasteiger partial charge in [0.05, 0.1) is 5.57 Å². The first-order valence-electron chi connectivity index (χ1n) is 7.15. The van der Waals surface area contributed by atoms with Crippen LogP contribution in [0.15, 0.2) is 48.3 Å². The summed E-state index contributed by atoms with van der Waals surface area (Å²) in [7, 11) is 1.83. The van der Waals surface area contributed by atoms with Crippen LogP contribution < -0.4 is 5.32 Å². The third kappa shape index (κ3) is 2.68. The number of hydrogen-bond donors (Lipinski definition) is 1. The first-order chi connectivity index (χ1) is 10.7. The van der Waals surface area contributed by atoms with E-state index in [9.17, 15) is 9.59 Å². The maximum absolute atomic E-state index is 12.4. The Morgan fingerprint density at radius 2 is 2.14 bits per heavy atom. The van der Waals surface area contributed by atoms with E-state index in [1.165, 1.54) is 0 Å². The number of nitrogens with one attached hydrogen (secondary N) is 1. The Labute approximate surface area is 128 Å². The molecule has 1 aliphatic rings. The molecule has 0 unspecified atom stereocenters. The summed E-state index contributed by atoms with van der Waals surface area (Å²) in [6, 6.07) is 9.41. The highest BCUT2D eigenvalue weighted by Gasteiger charge is 2.25. The lowest BCUT2D eigenvalue weighted by atomic mass is 9.87. The second-order valence-corrected chi connectivity index (χ2v) is 5.24. The summed E-state index contributed by atoms with van der Waals surface area (Å²) >= 11 is 0. The Morgan fingerprint density at radius 1 is 1.27 bits per heavy atom. The van der Waals surface area contributed by atoms with Crippen molar-refractivity contribution in [3.8, 4) is 0 Å². The summed E-state index contributed by atoms with van der Waals surface area (Å²) in [4.78, 5) is 28.7. The molecule has 0 spiro atoms. The van der Waals surface area contributed by atoms with Crippen molar-refractivity contribution in [1.82, 2.24) is 4.98 Å². The molecule has 1 N–H and O–H groups in total. The zero-order valence-corrected chi connectivity index (χ0v) is 12.3. The number of rotatable bonds is 4. The molecule has 0 atom stereocenters. The van der Waals surface area contributed by atoms with E-state index in [1.54, 1.807) is 24.5 Å². The molecule has 2 aromatic rings. The number of carbonyl (C=O) groups excluding carboxylic acids is 2. The smallest absolute Gasteiger partial charge is 0.170 e. The van der Waals surface area contributed by atoms with Gasteiger partial charge in [-0.05, 0) is 34.9 Å². The van der Waals surface area contributed by atoms with Crippen LogP contribution in [0.4, 0.5) is 5.69 Å². The van der Waals surface area contributed by atoms with Crippen LogP contribution in [-0.4, -0.2) is 23.6 Å². The van der Waals surface area contributed by atoms with E-state index in [0.29, 0.717) is 0 Å². The number of fused-ring (bicyclic) bond motifs is 1. The number of allylic oxidation sites excluding steroid dienone is 1. The highest BCUT2D eigenvalue weighted by molar-refractivity contribution is 6.25. The molecular formula is C18H16N2O2. The van der Waals surface area contributed by atoms with E-state index < -0.39 is 0 Å². The molecule has 0 aliphatic heterocycles. The predicted octanol–water partition coefficient (Wildman–Crippen LogP) is 2.44. The lowest BCUT2D eigenvalue weighted by Gasteiger charge is -2.18. The van der Waals surface area contributed by atoms with Crippen molar-refractivity contribution in [2.75, 3.05) is 12.4 Å². The Kier molecular flexibility index (Phi) is 3.83. The summed E-state index contributed by atoms with van der Waals surface area (Å²) in [5, 5.41) is 3.08. The number of benzene rings is 1. The molecule has 22 heavy (non-hydrogen) atoms. The molecule has 0 amide bonds. The van der Waals surface area contributed by atoms with Crippen molar-refractivity contribution < 1.29 is 9.59 Å². The third-order valence-corrected chi connectivity index (χ3v) is 3.81. The Morgan fingerprint density at radius 3 is 2.86 bits per heavy atom. The largest absolute Gasteiger partial charge is 0.388 e. The molecule has 4 nitrogen and oxygen atoms in total. The van der Waals surface area contributed by atoms with E-state index in [2.05, 4.69) is 10.3 Å². The fourth-order valence-electron chi connectivity index (χ4n) is 2.68. The molecule has 1 aromatic heterocycles. The average Bonchev–Trinajstić information content (AvgIpc) is 2.54. The zero-order valence-electron chi connectivity index (χ0n) is 12.3. The summed E-state index contributed by atoms with van der Waals surface area (Å²) in [5.74, 6) is -0.275. The van der Waals surface area contributed by atoms with Crippen LogP contribution in [0.3, 0.4) is 0 Å². The number of pyridine rings is 1. The van der Waals surface area contributed by atoms with E-state index in [1.807, 2.05) is 31.3 Å². The van der Waals surface area contributed by atoms with Gasteiger partial charge in [-0.3, -0.25) is 14.6 Å². The van der Waals surface area contributed by atoms with Crippen LogP contribution in [0.5, 0.6) is 0 Å². The Bertz CT molecular complexity index is 764. The number of nitrogens with zero attached hydrogens (tertiary/aromatic N) is 1. The lowest BCUT2D eigenvalue weighted by molar-refractivity contribution is -0.120. The standard InChI is InChI=1S/C18H16N2O2/c1-19-16-6-2-5-13-9-15(18(22)10-14(13)16)17(21)8-12-4-3-7-20-11-12/h2-7,9,11,19H,8,10H2,1H3. The first kappa shape index (κ1) is 14.2. The van der Waals surface area contributed by atoms with Crippen LogP contribution in [0.2, 0.25) is 0 Å². The maximum Gasteiger partial charge on any atom is 0.170 e. The molecule has 0 bridgehead atoms. The van der Waals surface area contributed by atoms with Crippen LogP contribution >= 0.6 is 0 Å². The summed E-state index contributed by atoms with van der Waals surface area (Å²) < 4.78 is 0. The molecule has 1 aromatic carbocycles. The van der Waals surface area contributed by atoms with Gasteiger partial charge in [-0.2, -0.15) is 0 Å². The molecule has 0 saturated carbocycles. The van der Waals surface area contributed by atoms with Gasteiger partial charge in [0, 0.05) is 38.0 Å². The quantitative estimate of drug-likeness (QED) is 0.879. The third-order valence-electron chi connectivity index (χ3n) is 3.81. The SMILES string of the molecule is CNc1cccc2c1CC(=O)C(C(=O)Cc1cccnc1)=C2. The normalized spacial score (nSPS) is 13.3.